The lowest BCUT2D eigenvalue weighted by atomic mass is 9.91. The first-order chi connectivity index (χ1) is 10.6. The van der Waals surface area contributed by atoms with Gasteiger partial charge in [0.2, 0.25) is 5.75 Å². The topological polar surface area (TPSA) is 57.0 Å². The van der Waals surface area contributed by atoms with Crippen LogP contribution in [-0.2, 0) is 6.54 Å². The van der Waals surface area contributed by atoms with E-state index in [-0.39, 0.29) is 0 Å². The van der Waals surface area contributed by atoms with Crippen molar-refractivity contribution in [3.05, 3.63) is 17.7 Å². The second kappa shape index (κ2) is 7.70. The van der Waals surface area contributed by atoms with Crippen molar-refractivity contribution in [2.24, 2.45) is 11.7 Å². The summed E-state index contributed by atoms with van der Waals surface area (Å²) < 4.78 is 16.2. The van der Waals surface area contributed by atoms with Gasteiger partial charge in [0.15, 0.2) is 11.5 Å². The molecule has 1 saturated heterocycles. The quantitative estimate of drug-likeness (QED) is 0.873. The number of piperidine rings is 1. The van der Waals surface area contributed by atoms with Crippen molar-refractivity contribution >= 4 is 0 Å². The molecule has 1 aliphatic heterocycles. The molecule has 124 valence electrons. The van der Waals surface area contributed by atoms with Crippen LogP contribution in [0.15, 0.2) is 12.1 Å². The molecule has 1 aliphatic rings. The van der Waals surface area contributed by atoms with E-state index in [1.807, 2.05) is 12.1 Å². The van der Waals surface area contributed by atoms with Crippen molar-refractivity contribution in [1.29, 1.82) is 0 Å². The van der Waals surface area contributed by atoms with Crippen LogP contribution >= 0.6 is 0 Å². The molecule has 0 aromatic heterocycles. The Morgan fingerprint density at radius 1 is 1.09 bits per heavy atom. The summed E-state index contributed by atoms with van der Waals surface area (Å²) in [4.78, 5) is 2.46. The van der Waals surface area contributed by atoms with E-state index in [4.69, 9.17) is 19.9 Å². The average molecular weight is 308 g/mol. The van der Waals surface area contributed by atoms with Gasteiger partial charge in [0.25, 0.3) is 0 Å². The zero-order chi connectivity index (χ0) is 16.1. The maximum atomic E-state index is 6.01. The first-order valence-corrected chi connectivity index (χ1v) is 7.85. The normalized spacial score (nSPS) is 18.0. The van der Waals surface area contributed by atoms with Gasteiger partial charge in [0.05, 0.1) is 21.3 Å². The molecule has 5 heteroatoms. The highest BCUT2D eigenvalue weighted by atomic mass is 16.5. The molecular formula is C17H28N2O3. The Labute approximate surface area is 133 Å². The molecule has 2 rings (SSSR count). The second-order valence-electron chi connectivity index (χ2n) is 6.01. The van der Waals surface area contributed by atoms with Crippen LogP contribution in [-0.4, -0.2) is 45.4 Å². The zero-order valence-electron chi connectivity index (χ0n) is 14.1. The lowest BCUT2D eigenvalue weighted by molar-refractivity contribution is 0.165. The van der Waals surface area contributed by atoms with Gasteiger partial charge < -0.3 is 19.9 Å². The summed E-state index contributed by atoms with van der Waals surface area (Å²) in [5.74, 6) is 2.71. The lowest BCUT2D eigenvalue weighted by Gasteiger charge is -2.33. The highest BCUT2D eigenvalue weighted by Gasteiger charge is 2.22. The van der Waals surface area contributed by atoms with E-state index >= 15 is 0 Å². The molecule has 1 aromatic rings. The molecule has 1 atom stereocenters. The first-order valence-electron chi connectivity index (χ1n) is 7.85. The highest BCUT2D eigenvalue weighted by molar-refractivity contribution is 5.53. The Kier molecular flexibility index (Phi) is 5.91. The maximum Gasteiger partial charge on any atom is 0.203 e. The summed E-state index contributed by atoms with van der Waals surface area (Å²) in [6.45, 7) is 5.17. The van der Waals surface area contributed by atoms with Gasteiger partial charge in [-0.05, 0) is 56.5 Å². The molecule has 0 radical (unpaired) electrons. The van der Waals surface area contributed by atoms with Gasteiger partial charge in [-0.25, -0.2) is 0 Å². The summed E-state index contributed by atoms with van der Waals surface area (Å²) in [7, 11) is 4.92. The summed E-state index contributed by atoms with van der Waals surface area (Å²) >= 11 is 0. The Bertz CT molecular complexity index is 458. The van der Waals surface area contributed by atoms with Crippen LogP contribution in [0.5, 0.6) is 17.2 Å². The molecular weight excluding hydrogens is 280 g/mol. The van der Waals surface area contributed by atoms with Crippen molar-refractivity contribution < 1.29 is 14.2 Å². The third-order valence-electron chi connectivity index (χ3n) is 4.51. The molecule has 1 heterocycles. The summed E-state index contributed by atoms with van der Waals surface area (Å²) in [6, 6.07) is 4.35. The van der Waals surface area contributed by atoms with Crippen molar-refractivity contribution in [2.45, 2.75) is 32.4 Å². The summed E-state index contributed by atoms with van der Waals surface area (Å²) in [5.41, 5.74) is 7.18. The number of likely N-dealkylation sites (tertiary alicyclic amines) is 1. The van der Waals surface area contributed by atoms with Crippen LogP contribution in [0.25, 0.3) is 0 Å². The number of methoxy groups -OCH3 is 3. The largest absolute Gasteiger partial charge is 0.493 e. The van der Waals surface area contributed by atoms with Crippen LogP contribution in [0, 0.1) is 5.92 Å². The maximum absolute atomic E-state index is 6.01. The predicted octanol–water partition coefficient (Wildman–Crippen LogP) is 2.27. The molecule has 0 amide bonds. The number of benzene rings is 1. The van der Waals surface area contributed by atoms with Gasteiger partial charge >= 0.3 is 0 Å². The van der Waals surface area contributed by atoms with E-state index in [0.29, 0.717) is 29.2 Å². The van der Waals surface area contributed by atoms with E-state index < -0.39 is 0 Å². The van der Waals surface area contributed by atoms with Crippen LogP contribution in [0.1, 0.15) is 25.3 Å². The zero-order valence-corrected chi connectivity index (χ0v) is 14.1. The molecule has 1 aromatic carbocycles. The third kappa shape index (κ3) is 3.84. The fourth-order valence-electron chi connectivity index (χ4n) is 3.12. The minimum absolute atomic E-state index is 0.295. The van der Waals surface area contributed by atoms with Gasteiger partial charge in [0, 0.05) is 12.6 Å². The first kappa shape index (κ1) is 16.9. The Morgan fingerprint density at radius 3 is 2.05 bits per heavy atom. The molecule has 0 spiro atoms. The van der Waals surface area contributed by atoms with Crippen molar-refractivity contribution in [3.8, 4) is 17.2 Å². The molecule has 5 nitrogen and oxygen atoms in total. The molecule has 1 fully saturated rings. The summed E-state index contributed by atoms with van der Waals surface area (Å²) in [6.07, 6.45) is 2.34. The standard InChI is InChI=1S/C17H28N2O3/c1-12(18)14-5-7-19(8-6-14)11-13-9-15(20-2)17(22-4)16(10-13)21-3/h9-10,12,14H,5-8,11,18H2,1-4H3. The van der Waals surface area contributed by atoms with Crippen LogP contribution in [0.4, 0.5) is 0 Å². The number of rotatable bonds is 6. The Hall–Kier alpha value is -1.46. The van der Waals surface area contributed by atoms with E-state index in [1.165, 1.54) is 18.4 Å². The highest BCUT2D eigenvalue weighted by Crippen LogP contribution is 2.38. The molecule has 2 N–H and O–H groups in total. The smallest absolute Gasteiger partial charge is 0.203 e. The van der Waals surface area contributed by atoms with Gasteiger partial charge in [0.1, 0.15) is 0 Å². The van der Waals surface area contributed by atoms with Crippen molar-refractivity contribution in [1.82, 2.24) is 4.90 Å². The molecule has 0 bridgehead atoms. The van der Waals surface area contributed by atoms with Crippen molar-refractivity contribution in [3.63, 3.8) is 0 Å². The van der Waals surface area contributed by atoms with Gasteiger partial charge in [-0.3, -0.25) is 4.90 Å². The number of ether oxygens (including phenoxy) is 3. The lowest BCUT2D eigenvalue weighted by Crippen LogP contribution is -2.39. The fraction of sp³-hybridized carbons (Fsp3) is 0.647. The monoisotopic (exact) mass is 308 g/mol. The molecule has 0 aliphatic carbocycles. The minimum atomic E-state index is 0.295. The Balaban J connectivity index is 2.07. The molecule has 1 unspecified atom stereocenters. The van der Waals surface area contributed by atoms with Crippen LogP contribution < -0.4 is 19.9 Å². The number of hydrogen-bond donors (Lipinski definition) is 1. The second-order valence-corrected chi connectivity index (χ2v) is 6.01. The minimum Gasteiger partial charge on any atom is -0.493 e. The number of hydrogen-bond acceptors (Lipinski definition) is 5. The molecule has 22 heavy (non-hydrogen) atoms. The van der Waals surface area contributed by atoms with E-state index in [0.717, 1.165) is 19.6 Å². The Morgan fingerprint density at radius 2 is 1.64 bits per heavy atom. The summed E-state index contributed by atoms with van der Waals surface area (Å²) in [5, 5.41) is 0. The third-order valence-corrected chi connectivity index (χ3v) is 4.51. The van der Waals surface area contributed by atoms with Gasteiger partial charge in [-0.15, -0.1) is 0 Å². The molecule has 0 saturated carbocycles. The van der Waals surface area contributed by atoms with Crippen molar-refractivity contribution in [2.75, 3.05) is 34.4 Å². The van der Waals surface area contributed by atoms with E-state index in [1.54, 1.807) is 21.3 Å². The SMILES string of the molecule is COc1cc(CN2CCC(C(C)N)CC2)cc(OC)c1OC. The van der Waals surface area contributed by atoms with Gasteiger partial charge in [-0.2, -0.15) is 0 Å². The van der Waals surface area contributed by atoms with E-state index in [2.05, 4.69) is 11.8 Å². The number of nitrogens with two attached hydrogens (primary N) is 1. The van der Waals surface area contributed by atoms with E-state index in [9.17, 15) is 0 Å². The van der Waals surface area contributed by atoms with Crippen LogP contribution in [0.2, 0.25) is 0 Å². The van der Waals surface area contributed by atoms with Crippen LogP contribution in [0.3, 0.4) is 0 Å². The van der Waals surface area contributed by atoms with Gasteiger partial charge in [-0.1, -0.05) is 0 Å². The average Bonchev–Trinajstić information content (AvgIpc) is 2.54. The predicted molar refractivity (Wildman–Crippen MR) is 87.7 cm³/mol. The fourth-order valence-corrected chi connectivity index (χ4v) is 3.12. The number of nitrogens with zero attached hydrogens (tertiary/aromatic N) is 1.